The molecule has 0 bridgehead atoms. The van der Waals surface area contributed by atoms with Crippen molar-refractivity contribution in [3.63, 3.8) is 0 Å². The van der Waals surface area contributed by atoms with Crippen LogP contribution in [0.25, 0.3) is 0 Å². The molecule has 0 fully saturated rings. The van der Waals surface area contributed by atoms with E-state index in [0.29, 0.717) is 0 Å². The second-order valence-corrected chi connectivity index (χ2v) is 12.5. The van der Waals surface area contributed by atoms with E-state index in [1.165, 1.54) is 62.2 Å². The highest BCUT2D eigenvalue weighted by Crippen LogP contribution is 2.65. The van der Waals surface area contributed by atoms with Crippen LogP contribution in [0.4, 0.5) is 0 Å². The second-order valence-electron chi connectivity index (χ2n) is 7.56. The smallest absolute Gasteiger partial charge is 0.253 e. The lowest BCUT2D eigenvalue weighted by molar-refractivity contribution is -0.140. The minimum Gasteiger partial charge on any atom is -0.272 e. The molecule has 10 heteroatoms. The van der Waals surface area contributed by atoms with Gasteiger partial charge in [-0.25, -0.2) is 0 Å². The highest BCUT2D eigenvalue weighted by atomic mass is 32.2. The molecular weight excluding hydrogens is 460 g/mol. The molecule has 0 aromatic carbocycles. The van der Waals surface area contributed by atoms with Crippen LogP contribution in [0.5, 0.6) is 0 Å². The summed E-state index contributed by atoms with van der Waals surface area (Å²) in [5, 5.41) is 0. The molecule has 6 nitrogen and oxygen atoms in total. The van der Waals surface area contributed by atoms with Crippen molar-refractivity contribution in [2.45, 2.75) is 37.8 Å². The summed E-state index contributed by atoms with van der Waals surface area (Å²) >= 11 is 7.06. The first-order valence-corrected chi connectivity index (χ1v) is 12.7. The summed E-state index contributed by atoms with van der Waals surface area (Å²) in [6, 6.07) is -0.123. The molecule has 4 amide bonds. The minimum absolute atomic E-state index is 0.0616. The van der Waals surface area contributed by atoms with E-state index in [2.05, 4.69) is 0 Å². The van der Waals surface area contributed by atoms with Crippen LogP contribution in [-0.2, 0) is 19.2 Å². The van der Waals surface area contributed by atoms with Gasteiger partial charge in [0.25, 0.3) is 23.6 Å². The number of amides is 4. The summed E-state index contributed by atoms with van der Waals surface area (Å²) in [5.74, 6) is -0.826. The fourth-order valence-electron chi connectivity index (χ4n) is 4.41. The van der Waals surface area contributed by atoms with Crippen LogP contribution < -0.4 is 0 Å². The van der Waals surface area contributed by atoms with Crippen LogP contribution in [0.2, 0.25) is 0 Å². The van der Waals surface area contributed by atoms with Crippen molar-refractivity contribution in [3.05, 3.63) is 52.4 Å². The van der Waals surface area contributed by atoms with Gasteiger partial charge >= 0.3 is 0 Å². The van der Waals surface area contributed by atoms with E-state index in [4.69, 9.17) is 0 Å². The van der Waals surface area contributed by atoms with E-state index in [1.807, 2.05) is 0 Å². The zero-order valence-electron chi connectivity index (χ0n) is 15.5. The standard InChI is InChI=1S/C20H14N2O4S4/c23-15-1-2-16(24)21(15)9-5-11-12(6-9)28-19(27-11)20-29-13-7-10(8-14(13)30-20)22-17(25)3-4-18(22)26/h1-4,9-10H,5-8H2. The SMILES string of the molecule is O=C1C=CC(=O)N1C1CC2=C(C1)SC(=C1SC3=C(CC(N4C(=O)C=CC4=O)C3)S1)S2. The number of carbonyl (C=O) groups excluding carboxylic acids is 4. The van der Waals surface area contributed by atoms with Crippen LogP contribution >= 0.6 is 47.0 Å². The summed E-state index contributed by atoms with van der Waals surface area (Å²) in [7, 11) is 0. The third-order valence-corrected chi connectivity index (χ3v) is 11.7. The van der Waals surface area contributed by atoms with Gasteiger partial charge in [0, 0.05) is 81.7 Å². The fourth-order valence-corrected chi connectivity index (χ4v) is 10.6. The summed E-state index contributed by atoms with van der Waals surface area (Å²) in [6.45, 7) is 0. The quantitative estimate of drug-likeness (QED) is 0.562. The van der Waals surface area contributed by atoms with Crippen LogP contribution in [-0.4, -0.2) is 45.5 Å². The normalized spacial score (nSPS) is 26.8. The highest BCUT2D eigenvalue weighted by Gasteiger charge is 2.43. The number of thioether (sulfide) groups is 4. The lowest BCUT2D eigenvalue weighted by atomic mass is 10.2. The Kier molecular flexibility index (Phi) is 4.42. The summed E-state index contributed by atoms with van der Waals surface area (Å²) in [4.78, 5) is 55.7. The van der Waals surface area contributed by atoms with E-state index >= 15 is 0 Å². The van der Waals surface area contributed by atoms with Gasteiger partial charge in [0.15, 0.2) is 0 Å². The maximum atomic E-state index is 12.0. The van der Waals surface area contributed by atoms with E-state index in [9.17, 15) is 19.2 Å². The third kappa shape index (κ3) is 2.91. The minimum atomic E-state index is -0.206. The third-order valence-electron chi connectivity index (χ3n) is 5.75. The Labute approximate surface area is 189 Å². The van der Waals surface area contributed by atoms with Gasteiger partial charge in [0.05, 0.1) is 8.47 Å². The van der Waals surface area contributed by atoms with Crippen molar-refractivity contribution in [2.75, 3.05) is 0 Å². The maximum Gasteiger partial charge on any atom is 0.253 e. The molecule has 0 aromatic rings. The molecule has 2 aliphatic carbocycles. The van der Waals surface area contributed by atoms with Gasteiger partial charge in [-0.15, -0.1) is 0 Å². The van der Waals surface area contributed by atoms with E-state index < -0.39 is 0 Å². The average molecular weight is 475 g/mol. The van der Waals surface area contributed by atoms with E-state index in [0.717, 1.165) is 25.7 Å². The Hall–Kier alpha value is -1.62. The molecule has 4 heterocycles. The molecule has 6 aliphatic rings. The van der Waals surface area contributed by atoms with Crippen molar-refractivity contribution >= 4 is 70.7 Å². The lowest BCUT2D eigenvalue weighted by Gasteiger charge is -2.23. The predicted molar refractivity (Wildman–Crippen MR) is 119 cm³/mol. The molecule has 0 unspecified atom stereocenters. The summed E-state index contributed by atoms with van der Waals surface area (Å²) < 4.78 is 2.54. The Morgan fingerprint density at radius 1 is 0.533 bits per heavy atom. The predicted octanol–water partition coefficient (Wildman–Crippen LogP) is 3.67. The number of rotatable bonds is 2. The van der Waals surface area contributed by atoms with Gasteiger partial charge in [0.2, 0.25) is 0 Å². The highest BCUT2D eigenvalue weighted by molar-refractivity contribution is 8.34. The summed E-state index contributed by atoms with van der Waals surface area (Å²) in [5.41, 5.74) is 0. The fraction of sp³-hybridized carbons (Fsp3) is 0.300. The molecule has 0 spiro atoms. The molecule has 0 aromatic heterocycles. The zero-order chi connectivity index (χ0) is 20.6. The molecule has 0 saturated heterocycles. The van der Waals surface area contributed by atoms with Gasteiger partial charge in [-0.05, 0) is 0 Å². The number of nitrogens with zero attached hydrogens (tertiary/aromatic N) is 2. The molecule has 0 atom stereocenters. The van der Waals surface area contributed by atoms with Crippen molar-refractivity contribution in [1.29, 1.82) is 0 Å². The number of hydrogen-bond donors (Lipinski definition) is 0. The molecule has 6 rings (SSSR count). The Morgan fingerprint density at radius 2 is 0.800 bits per heavy atom. The van der Waals surface area contributed by atoms with E-state index in [1.54, 1.807) is 47.0 Å². The van der Waals surface area contributed by atoms with Crippen molar-refractivity contribution < 1.29 is 19.2 Å². The maximum absolute atomic E-state index is 12.0. The topological polar surface area (TPSA) is 74.8 Å². The molecule has 0 radical (unpaired) electrons. The molecule has 0 N–H and O–H groups in total. The van der Waals surface area contributed by atoms with Crippen molar-refractivity contribution in [1.82, 2.24) is 9.80 Å². The second kappa shape index (κ2) is 6.94. The first kappa shape index (κ1) is 19.1. The molecule has 0 saturated carbocycles. The van der Waals surface area contributed by atoms with E-state index in [-0.39, 0.29) is 35.7 Å². The Bertz CT molecular complexity index is 954. The van der Waals surface area contributed by atoms with Crippen LogP contribution in [0.3, 0.4) is 0 Å². The first-order chi connectivity index (χ1) is 14.5. The van der Waals surface area contributed by atoms with Gasteiger partial charge in [-0.2, -0.15) is 0 Å². The largest absolute Gasteiger partial charge is 0.272 e. The average Bonchev–Trinajstić information content (AvgIpc) is 3.47. The molecule has 4 aliphatic heterocycles. The number of hydrogen-bond acceptors (Lipinski definition) is 8. The monoisotopic (exact) mass is 474 g/mol. The van der Waals surface area contributed by atoms with Crippen LogP contribution in [0.15, 0.2) is 52.4 Å². The Balaban J connectivity index is 1.09. The molecule has 30 heavy (non-hydrogen) atoms. The Morgan fingerprint density at radius 3 is 1.07 bits per heavy atom. The van der Waals surface area contributed by atoms with Crippen molar-refractivity contribution in [3.8, 4) is 0 Å². The summed E-state index contributed by atoms with van der Waals surface area (Å²) in [6.07, 6.45) is 8.35. The molecular formula is C20H14N2O4S4. The lowest BCUT2D eigenvalue weighted by Crippen LogP contribution is -2.38. The zero-order valence-corrected chi connectivity index (χ0v) is 18.7. The van der Waals surface area contributed by atoms with Crippen LogP contribution in [0.1, 0.15) is 25.7 Å². The molecule has 152 valence electrons. The van der Waals surface area contributed by atoms with Crippen molar-refractivity contribution in [2.24, 2.45) is 0 Å². The number of carbonyl (C=O) groups is 4. The van der Waals surface area contributed by atoms with Gasteiger partial charge in [0.1, 0.15) is 0 Å². The van der Waals surface area contributed by atoms with Gasteiger partial charge < -0.3 is 0 Å². The van der Waals surface area contributed by atoms with Gasteiger partial charge in [-0.3, -0.25) is 29.0 Å². The van der Waals surface area contributed by atoms with Crippen LogP contribution in [0, 0.1) is 0 Å². The van der Waals surface area contributed by atoms with Gasteiger partial charge in [-0.1, -0.05) is 47.0 Å². The first-order valence-electron chi connectivity index (χ1n) is 9.48. The number of imide groups is 2.